The summed E-state index contributed by atoms with van der Waals surface area (Å²) in [6, 6.07) is 10.4. The zero-order chi connectivity index (χ0) is 20.9. The molecule has 0 saturated heterocycles. The summed E-state index contributed by atoms with van der Waals surface area (Å²) in [6.45, 7) is 0. The molecule has 0 amide bonds. The highest BCUT2D eigenvalue weighted by molar-refractivity contribution is 6.31. The molecule has 4 nitrogen and oxygen atoms in total. The van der Waals surface area contributed by atoms with E-state index in [9.17, 15) is 9.90 Å². The van der Waals surface area contributed by atoms with E-state index in [-0.39, 0.29) is 5.56 Å². The summed E-state index contributed by atoms with van der Waals surface area (Å²) >= 11 is 12.3. The van der Waals surface area contributed by atoms with Gasteiger partial charge in [-0.2, -0.15) is 0 Å². The molecule has 1 spiro atoms. The number of carboxylic acid groups (broad SMARTS) is 1. The fourth-order valence-corrected chi connectivity index (χ4v) is 4.64. The largest absolute Gasteiger partial charge is 0.478 e. The molecule has 0 radical (unpaired) electrons. The lowest BCUT2D eigenvalue weighted by Crippen LogP contribution is -2.08. The van der Waals surface area contributed by atoms with E-state index in [1.54, 1.807) is 12.1 Å². The third-order valence-corrected chi connectivity index (χ3v) is 6.78. The van der Waals surface area contributed by atoms with Crippen molar-refractivity contribution in [2.45, 2.75) is 32.1 Å². The van der Waals surface area contributed by atoms with Crippen LogP contribution in [0.3, 0.4) is 0 Å². The van der Waals surface area contributed by atoms with Gasteiger partial charge in [0.15, 0.2) is 0 Å². The van der Waals surface area contributed by atoms with Crippen LogP contribution in [0.15, 0.2) is 48.7 Å². The molecule has 1 saturated carbocycles. The number of halogens is 2. The minimum Gasteiger partial charge on any atom is -0.478 e. The Labute approximate surface area is 184 Å². The fraction of sp³-hybridized carbons (Fsp3) is 0.250. The van der Waals surface area contributed by atoms with Gasteiger partial charge in [-0.25, -0.2) is 4.79 Å². The van der Waals surface area contributed by atoms with Crippen LogP contribution in [0.4, 0.5) is 11.4 Å². The molecule has 152 valence electrons. The molecular formula is C24H20Cl2N2O2. The van der Waals surface area contributed by atoms with Crippen LogP contribution in [0.1, 0.15) is 48.0 Å². The topological polar surface area (TPSA) is 62.2 Å². The number of pyridine rings is 1. The zero-order valence-corrected chi connectivity index (χ0v) is 17.7. The molecule has 5 rings (SSSR count). The average Bonchev–Trinajstić information content (AvgIpc) is 3.49. The van der Waals surface area contributed by atoms with Gasteiger partial charge < -0.3 is 10.4 Å². The van der Waals surface area contributed by atoms with Gasteiger partial charge in [-0.05, 0) is 79.5 Å². The number of anilines is 2. The lowest BCUT2D eigenvalue weighted by Gasteiger charge is -2.24. The van der Waals surface area contributed by atoms with Crippen molar-refractivity contribution in [3.63, 3.8) is 0 Å². The number of fused-ring (bicyclic) bond motifs is 1. The molecule has 0 unspecified atom stereocenters. The van der Waals surface area contributed by atoms with Crippen molar-refractivity contribution < 1.29 is 9.90 Å². The highest BCUT2D eigenvalue weighted by Crippen LogP contribution is 2.57. The van der Waals surface area contributed by atoms with E-state index >= 15 is 0 Å². The normalized spacial score (nSPS) is 17.1. The molecule has 2 aliphatic carbocycles. The van der Waals surface area contributed by atoms with Crippen molar-refractivity contribution in [1.29, 1.82) is 0 Å². The first-order chi connectivity index (χ1) is 14.4. The molecule has 1 aromatic heterocycles. The number of carbonyl (C=O) groups is 1. The first kappa shape index (κ1) is 19.4. The molecule has 3 aromatic rings. The third-order valence-electron chi connectivity index (χ3n) is 6.31. The maximum absolute atomic E-state index is 11.8. The second-order valence-corrected chi connectivity index (χ2v) is 9.13. The second kappa shape index (κ2) is 7.29. The monoisotopic (exact) mass is 438 g/mol. The van der Waals surface area contributed by atoms with E-state index in [1.807, 2.05) is 24.4 Å². The molecule has 30 heavy (non-hydrogen) atoms. The fourth-order valence-electron chi connectivity index (χ4n) is 4.30. The van der Waals surface area contributed by atoms with Gasteiger partial charge in [0.05, 0.1) is 22.5 Å². The number of allylic oxidation sites excluding steroid dienone is 2. The number of hydrogen-bond donors (Lipinski definition) is 2. The first-order valence-electron chi connectivity index (χ1n) is 10.0. The Morgan fingerprint density at radius 3 is 2.53 bits per heavy atom. The van der Waals surface area contributed by atoms with Crippen molar-refractivity contribution in [3.8, 4) is 0 Å². The predicted octanol–water partition coefficient (Wildman–Crippen LogP) is 7.33. The smallest absolute Gasteiger partial charge is 0.337 e. The van der Waals surface area contributed by atoms with Crippen LogP contribution in [-0.2, 0) is 0 Å². The van der Waals surface area contributed by atoms with Crippen LogP contribution in [0, 0.1) is 5.41 Å². The Morgan fingerprint density at radius 1 is 1.07 bits per heavy atom. The molecule has 2 N–H and O–H groups in total. The lowest BCUT2D eigenvalue weighted by molar-refractivity contribution is 0.0698. The molecular weight excluding hydrogens is 419 g/mol. The van der Waals surface area contributed by atoms with Crippen molar-refractivity contribution >= 4 is 57.0 Å². The van der Waals surface area contributed by atoms with Crippen molar-refractivity contribution in [1.82, 2.24) is 4.98 Å². The standard InChI is InChI=1S/C24H20Cl2N2O2/c25-15-1-3-20-17(11-15)22(28-21-4-2-16(26)12-18(21)23(29)30)19(13-27-20)14-5-7-24(8-6-14)9-10-24/h1-5,11-13H,6-10H2,(H,27,28)(H,29,30). The highest BCUT2D eigenvalue weighted by atomic mass is 35.5. The van der Waals surface area contributed by atoms with Crippen LogP contribution >= 0.6 is 23.2 Å². The minimum absolute atomic E-state index is 0.120. The number of nitrogens with zero attached hydrogens (tertiary/aromatic N) is 1. The summed E-state index contributed by atoms with van der Waals surface area (Å²) in [7, 11) is 0. The Hall–Kier alpha value is -2.56. The van der Waals surface area contributed by atoms with Gasteiger partial charge >= 0.3 is 5.97 Å². The van der Waals surface area contributed by atoms with Crippen LogP contribution in [0.2, 0.25) is 10.0 Å². The van der Waals surface area contributed by atoms with Crippen LogP contribution in [-0.4, -0.2) is 16.1 Å². The maximum atomic E-state index is 11.8. The number of rotatable bonds is 4. The van der Waals surface area contributed by atoms with Crippen LogP contribution < -0.4 is 5.32 Å². The van der Waals surface area contributed by atoms with Crippen molar-refractivity contribution in [2.75, 3.05) is 5.32 Å². The van der Waals surface area contributed by atoms with Crippen LogP contribution in [0.5, 0.6) is 0 Å². The number of carboxylic acids is 1. The SMILES string of the molecule is O=C(O)c1cc(Cl)ccc1Nc1c(C2=CCC3(CC2)CC3)cnc2ccc(Cl)cc12. The summed E-state index contributed by atoms with van der Waals surface area (Å²) < 4.78 is 0. The van der Waals surface area contributed by atoms with E-state index in [2.05, 4.69) is 16.4 Å². The number of aromatic carboxylic acids is 1. The maximum Gasteiger partial charge on any atom is 0.337 e. The Balaban J connectivity index is 1.66. The second-order valence-electron chi connectivity index (χ2n) is 8.26. The molecule has 2 aliphatic rings. The van der Waals surface area contributed by atoms with Crippen molar-refractivity contribution in [2.24, 2.45) is 5.41 Å². The predicted molar refractivity (Wildman–Crippen MR) is 122 cm³/mol. The summed E-state index contributed by atoms with van der Waals surface area (Å²) in [5.41, 5.74) is 4.99. The highest BCUT2D eigenvalue weighted by Gasteiger charge is 2.42. The Kier molecular flexibility index (Phi) is 4.72. The Bertz CT molecular complexity index is 1220. The first-order valence-corrected chi connectivity index (χ1v) is 10.8. The number of aromatic nitrogens is 1. The van der Waals surface area contributed by atoms with Gasteiger partial charge in [-0.1, -0.05) is 29.3 Å². The van der Waals surface area contributed by atoms with Gasteiger partial charge in [-0.3, -0.25) is 4.98 Å². The van der Waals surface area contributed by atoms with E-state index in [4.69, 9.17) is 23.2 Å². The molecule has 0 aliphatic heterocycles. The summed E-state index contributed by atoms with van der Waals surface area (Å²) in [5.74, 6) is -1.04. The number of nitrogens with one attached hydrogen (secondary N) is 1. The summed E-state index contributed by atoms with van der Waals surface area (Å²) in [6.07, 6.45) is 10.1. The van der Waals surface area contributed by atoms with E-state index in [0.717, 1.165) is 35.0 Å². The molecule has 2 aromatic carbocycles. The molecule has 6 heteroatoms. The number of benzene rings is 2. The molecule has 1 heterocycles. The third kappa shape index (κ3) is 3.55. The average molecular weight is 439 g/mol. The van der Waals surface area contributed by atoms with Gasteiger partial charge in [0, 0.05) is 27.2 Å². The molecule has 0 atom stereocenters. The van der Waals surface area contributed by atoms with Gasteiger partial charge in [0.1, 0.15) is 0 Å². The Morgan fingerprint density at radius 2 is 1.83 bits per heavy atom. The van der Waals surface area contributed by atoms with E-state index in [1.165, 1.54) is 30.9 Å². The minimum atomic E-state index is -1.04. The zero-order valence-electron chi connectivity index (χ0n) is 16.2. The lowest BCUT2D eigenvalue weighted by atomic mass is 9.84. The summed E-state index contributed by atoms with van der Waals surface area (Å²) in [5, 5.41) is 14.9. The quantitative estimate of drug-likeness (QED) is 0.447. The summed E-state index contributed by atoms with van der Waals surface area (Å²) in [4.78, 5) is 16.4. The van der Waals surface area contributed by atoms with Crippen LogP contribution in [0.25, 0.3) is 16.5 Å². The number of hydrogen-bond acceptors (Lipinski definition) is 3. The molecule has 0 bridgehead atoms. The van der Waals surface area contributed by atoms with Crippen molar-refractivity contribution in [3.05, 3.63) is 69.8 Å². The van der Waals surface area contributed by atoms with Gasteiger partial charge in [0.2, 0.25) is 0 Å². The van der Waals surface area contributed by atoms with E-state index < -0.39 is 5.97 Å². The van der Waals surface area contributed by atoms with Gasteiger partial charge in [0.25, 0.3) is 0 Å². The molecule has 1 fully saturated rings. The van der Waals surface area contributed by atoms with E-state index in [0.29, 0.717) is 21.1 Å². The van der Waals surface area contributed by atoms with Gasteiger partial charge in [-0.15, -0.1) is 0 Å².